The standard InChI is InChI=1S/C18H18F4O10S/c1-6(5-29-4-3-16(19,20)18(21,22)33(26,27)28)14(24)31-11-8-9-10-12(11)32-15(25)17(9,10)13(8)30-7(2)23/h8-13H,1,3-5H2,2H3,(H,26,27,28). The normalized spacial score (nSPS) is 35.9. The van der Waals surface area contributed by atoms with Crippen LogP contribution in [0.5, 0.6) is 0 Å². The third-order valence-corrected chi connectivity index (χ3v) is 7.63. The summed E-state index contributed by atoms with van der Waals surface area (Å²) in [5, 5.41) is -5.72. The molecule has 0 aromatic carbocycles. The summed E-state index contributed by atoms with van der Waals surface area (Å²) < 4.78 is 103. The van der Waals surface area contributed by atoms with Crippen molar-refractivity contribution in [2.45, 2.75) is 42.8 Å². The summed E-state index contributed by atoms with van der Waals surface area (Å²) in [4.78, 5) is 35.9. The van der Waals surface area contributed by atoms with Crippen molar-refractivity contribution < 1.29 is 63.9 Å². The molecular weight excluding hydrogens is 484 g/mol. The van der Waals surface area contributed by atoms with E-state index in [4.69, 9.17) is 23.5 Å². The highest BCUT2D eigenvalue weighted by atomic mass is 32.2. The highest BCUT2D eigenvalue weighted by molar-refractivity contribution is 7.87. The van der Waals surface area contributed by atoms with Gasteiger partial charge in [0.25, 0.3) is 0 Å². The Labute approximate surface area is 183 Å². The number of ether oxygens (including phenoxy) is 4. The minimum absolute atomic E-state index is 0.137. The molecule has 0 amide bonds. The Morgan fingerprint density at radius 1 is 1.21 bits per heavy atom. The summed E-state index contributed by atoms with van der Waals surface area (Å²) in [6, 6.07) is 0. The Morgan fingerprint density at radius 3 is 2.39 bits per heavy atom. The number of hydrogen-bond donors (Lipinski definition) is 1. The Balaban J connectivity index is 1.29. The number of halogens is 4. The lowest BCUT2D eigenvalue weighted by Gasteiger charge is -2.42. The topological polar surface area (TPSA) is 143 Å². The predicted molar refractivity (Wildman–Crippen MR) is 94.2 cm³/mol. The molecule has 184 valence electrons. The van der Waals surface area contributed by atoms with Crippen molar-refractivity contribution in [3.05, 3.63) is 12.2 Å². The molecule has 3 aliphatic carbocycles. The number of carbonyl (C=O) groups is 3. The van der Waals surface area contributed by atoms with Gasteiger partial charge < -0.3 is 18.9 Å². The van der Waals surface area contributed by atoms with E-state index in [1.54, 1.807) is 0 Å². The van der Waals surface area contributed by atoms with Gasteiger partial charge in [0.15, 0.2) is 0 Å². The Morgan fingerprint density at radius 2 is 1.85 bits per heavy atom. The van der Waals surface area contributed by atoms with E-state index < -0.39 is 88.5 Å². The molecule has 1 heterocycles. The third-order valence-electron chi connectivity index (χ3n) is 6.68. The summed E-state index contributed by atoms with van der Waals surface area (Å²) >= 11 is 0. The van der Waals surface area contributed by atoms with E-state index in [0.717, 1.165) is 0 Å². The monoisotopic (exact) mass is 502 g/mol. The molecule has 3 saturated carbocycles. The van der Waals surface area contributed by atoms with Gasteiger partial charge in [0, 0.05) is 25.2 Å². The summed E-state index contributed by atoms with van der Waals surface area (Å²) in [7, 11) is -6.36. The predicted octanol–water partition coefficient (Wildman–Crippen LogP) is 0.710. The molecule has 0 bridgehead atoms. The quantitative estimate of drug-likeness (QED) is 0.113. The number of hydrogen-bond acceptors (Lipinski definition) is 9. The van der Waals surface area contributed by atoms with Crippen molar-refractivity contribution >= 4 is 28.0 Å². The van der Waals surface area contributed by atoms with Crippen LogP contribution < -0.4 is 0 Å². The zero-order valence-electron chi connectivity index (χ0n) is 16.8. The minimum Gasteiger partial charge on any atom is -0.461 e. The Hall–Kier alpha value is -2.26. The molecule has 1 saturated heterocycles. The van der Waals surface area contributed by atoms with Crippen molar-refractivity contribution in [1.82, 2.24) is 0 Å². The van der Waals surface area contributed by atoms with Gasteiger partial charge in [0.2, 0.25) is 0 Å². The molecule has 0 aromatic rings. The first-order chi connectivity index (χ1) is 15.1. The van der Waals surface area contributed by atoms with E-state index in [0.29, 0.717) is 0 Å². The SMILES string of the molecule is C=C(COCCC(F)(F)C(F)(F)S(=O)(=O)O)C(=O)OC1C2OC(=O)C34C(OC(C)=O)C1C3C24. The van der Waals surface area contributed by atoms with E-state index in [-0.39, 0.29) is 17.4 Å². The van der Waals surface area contributed by atoms with Gasteiger partial charge in [-0.25, -0.2) is 4.79 Å². The van der Waals surface area contributed by atoms with Crippen LogP contribution in [0, 0.1) is 23.2 Å². The van der Waals surface area contributed by atoms with Gasteiger partial charge in [-0.05, 0) is 5.92 Å². The Kier molecular flexibility index (Phi) is 5.15. The fraction of sp³-hybridized carbons (Fsp3) is 0.722. The molecule has 0 radical (unpaired) electrons. The maximum atomic E-state index is 13.4. The number of esters is 3. The van der Waals surface area contributed by atoms with Crippen LogP contribution in [0.1, 0.15) is 13.3 Å². The molecular formula is C18H18F4O10S. The lowest BCUT2D eigenvalue weighted by Crippen LogP contribution is -2.56. The van der Waals surface area contributed by atoms with E-state index in [9.17, 15) is 40.4 Å². The molecule has 1 N–H and O–H groups in total. The van der Waals surface area contributed by atoms with Crippen LogP contribution in [0.4, 0.5) is 17.6 Å². The van der Waals surface area contributed by atoms with Crippen molar-refractivity contribution in [2.75, 3.05) is 13.2 Å². The van der Waals surface area contributed by atoms with Crippen molar-refractivity contribution in [2.24, 2.45) is 23.2 Å². The minimum atomic E-state index is -6.36. The second-order valence-electron chi connectivity index (χ2n) is 8.43. The molecule has 4 fully saturated rings. The molecule has 4 rings (SSSR count). The van der Waals surface area contributed by atoms with E-state index in [2.05, 4.69) is 6.58 Å². The maximum Gasteiger partial charge on any atom is 0.431 e. The van der Waals surface area contributed by atoms with Crippen LogP contribution in [0.25, 0.3) is 0 Å². The molecule has 4 aliphatic rings. The van der Waals surface area contributed by atoms with Crippen LogP contribution in [0.15, 0.2) is 12.2 Å². The molecule has 1 aliphatic heterocycles. The first-order valence-electron chi connectivity index (χ1n) is 9.66. The van der Waals surface area contributed by atoms with Gasteiger partial charge >= 0.3 is 39.2 Å². The first-order valence-corrected chi connectivity index (χ1v) is 11.1. The number of carbonyl (C=O) groups excluding carboxylic acids is 3. The van der Waals surface area contributed by atoms with Crippen molar-refractivity contribution in [1.29, 1.82) is 0 Å². The molecule has 0 aromatic heterocycles. The summed E-state index contributed by atoms with van der Waals surface area (Å²) in [5.41, 5.74) is -1.25. The second-order valence-corrected chi connectivity index (χ2v) is 9.90. The van der Waals surface area contributed by atoms with Gasteiger partial charge in [0.05, 0.1) is 18.8 Å². The molecule has 33 heavy (non-hydrogen) atoms. The fourth-order valence-corrected chi connectivity index (χ4v) is 5.80. The summed E-state index contributed by atoms with van der Waals surface area (Å²) in [6.07, 6.45) is -4.19. The number of rotatable bonds is 10. The van der Waals surface area contributed by atoms with E-state index in [1.807, 2.05) is 0 Å². The van der Waals surface area contributed by atoms with Crippen molar-refractivity contribution in [3.8, 4) is 0 Å². The summed E-state index contributed by atoms with van der Waals surface area (Å²) in [6.45, 7) is 2.73. The highest BCUT2D eigenvalue weighted by Crippen LogP contribution is 2.86. The number of alkyl halides is 4. The van der Waals surface area contributed by atoms with Crippen LogP contribution in [-0.4, -0.2) is 73.6 Å². The van der Waals surface area contributed by atoms with Gasteiger partial charge in [-0.2, -0.15) is 26.0 Å². The van der Waals surface area contributed by atoms with Crippen LogP contribution in [0.2, 0.25) is 0 Å². The largest absolute Gasteiger partial charge is 0.461 e. The zero-order valence-corrected chi connectivity index (χ0v) is 17.7. The van der Waals surface area contributed by atoms with Crippen LogP contribution in [0.3, 0.4) is 0 Å². The average molecular weight is 502 g/mol. The molecule has 7 unspecified atom stereocenters. The second kappa shape index (κ2) is 7.12. The summed E-state index contributed by atoms with van der Waals surface area (Å²) in [5.74, 6) is -8.13. The molecule has 10 nitrogen and oxygen atoms in total. The van der Waals surface area contributed by atoms with Crippen molar-refractivity contribution in [3.63, 3.8) is 0 Å². The molecule has 7 atom stereocenters. The lowest BCUT2D eigenvalue weighted by molar-refractivity contribution is -0.182. The first kappa shape index (κ1) is 23.9. The van der Waals surface area contributed by atoms with Gasteiger partial charge in [-0.15, -0.1) is 0 Å². The smallest absolute Gasteiger partial charge is 0.431 e. The lowest BCUT2D eigenvalue weighted by atomic mass is 9.67. The fourth-order valence-electron chi connectivity index (χ4n) is 5.32. The zero-order chi connectivity index (χ0) is 24.7. The third kappa shape index (κ3) is 3.11. The Bertz CT molecular complexity index is 1040. The van der Waals surface area contributed by atoms with E-state index in [1.165, 1.54) is 6.92 Å². The van der Waals surface area contributed by atoms with Gasteiger partial charge in [-0.3, -0.25) is 14.1 Å². The van der Waals surface area contributed by atoms with E-state index >= 15 is 0 Å². The van der Waals surface area contributed by atoms with Crippen LogP contribution >= 0.6 is 0 Å². The van der Waals surface area contributed by atoms with Gasteiger partial charge in [-0.1, -0.05) is 6.58 Å². The maximum absolute atomic E-state index is 13.4. The van der Waals surface area contributed by atoms with Gasteiger partial charge in [0.1, 0.15) is 23.7 Å². The molecule has 15 heteroatoms. The highest BCUT2D eigenvalue weighted by Gasteiger charge is 2.99. The van der Waals surface area contributed by atoms with Crippen LogP contribution in [-0.2, 0) is 43.4 Å². The average Bonchev–Trinajstić information content (AvgIpc) is 3.09. The molecule has 1 spiro atoms.